The van der Waals surface area contributed by atoms with Gasteiger partial charge in [0.25, 0.3) is 0 Å². The first kappa shape index (κ1) is 13.8. The Morgan fingerprint density at radius 2 is 2.22 bits per heavy atom. The van der Waals surface area contributed by atoms with Crippen molar-refractivity contribution in [1.82, 2.24) is 4.90 Å². The first-order valence-electron chi connectivity index (χ1n) is 6.50. The third kappa shape index (κ3) is 3.95. The summed E-state index contributed by atoms with van der Waals surface area (Å²) in [5.41, 5.74) is 7.35. The zero-order chi connectivity index (χ0) is 13.0. The van der Waals surface area contributed by atoms with Gasteiger partial charge in [0.2, 0.25) is 0 Å². The van der Waals surface area contributed by atoms with E-state index in [1.807, 2.05) is 18.2 Å². The zero-order valence-electron chi connectivity index (χ0n) is 10.6. The maximum atomic E-state index is 9.02. The molecule has 3 nitrogen and oxygen atoms in total. The van der Waals surface area contributed by atoms with Gasteiger partial charge in [-0.05, 0) is 36.5 Å². The largest absolute Gasteiger partial charge is 0.395 e. The van der Waals surface area contributed by atoms with Crippen LogP contribution in [0.4, 0.5) is 0 Å². The van der Waals surface area contributed by atoms with E-state index in [1.54, 1.807) is 0 Å². The highest BCUT2D eigenvalue weighted by atomic mass is 35.5. The minimum atomic E-state index is 0.205. The summed E-state index contributed by atoms with van der Waals surface area (Å²) < 4.78 is 0. The molecule has 0 amide bonds. The molecule has 0 radical (unpaired) electrons. The first-order chi connectivity index (χ1) is 8.67. The third-order valence-electron chi connectivity index (χ3n) is 3.47. The van der Waals surface area contributed by atoms with Gasteiger partial charge in [0.1, 0.15) is 0 Å². The van der Waals surface area contributed by atoms with Crippen LogP contribution in [0.3, 0.4) is 0 Å². The molecule has 18 heavy (non-hydrogen) atoms. The van der Waals surface area contributed by atoms with Gasteiger partial charge in [-0.1, -0.05) is 23.7 Å². The molecule has 0 bridgehead atoms. The van der Waals surface area contributed by atoms with Crippen LogP contribution in [0, 0.1) is 5.92 Å². The lowest BCUT2D eigenvalue weighted by atomic mass is 9.89. The van der Waals surface area contributed by atoms with Crippen molar-refractivity contribution >= 4 is 11.6 Å². The molecule has 0 aromatic heterocycles. The number of likely N-dealkylation sites (tertiary alicyclic amines) is 1. The summed E-state index contributed by atoms with van der Waals surface area (Å²) in [5, 5.41) is 9.81. The Morgan fingerprint density at radius 3 is 2.94 bits per heavy atom. The van der Waals surface area contributed by atoms with Gasteiger partial charge in [-0.15, -0.1) is 0 Å². The maximum absolute atomic E-state index is 9.02. The van der Waals surface area contributed by atoms with Crippen LogP contribution >= 0.6 is 11.6 Å². The fourth-order valence-corrected chi connectivity index (χ4v) is 3.03. The number of halogens is 1. The summed E-state index contributed by atoms with van der Waals surface area (Å²) in [5.74, 6) is 0.554. The average molecular weight is 269 g/mol. The Bertz CT molecular complexity index is 386. The van der Waals surface area contributed by atoms with Gasteiger partial charge in [-0.2, -0.15) is 0 Å². The predicted molar refractivity (Wildman–Crippen MR) is 74.8 cm³/mol. The second-order valence-corrected chi connectivity index (χ2v) is 5.62. The quantitative estimate of drug-likeness (QED) is 0.871. The van der Waals surface area contributed by atoms with Crippen LogP contribution in [0.15, 0.2) is 24.3 Å². The van der Waals surface area contributed by atoms with Crippen LogP contribution in [0.2, 0.25) is 5.02 Å². The van der Waals surface area contributed by atoms with Crippen molar-refractivity contribution in [2.75, 3.05) is 26.2 Å². The molecule has 2 atom stereocenters. The minimum Gasteiger partial charge on any atom is -0.395 e. The molecule has 1 aromatic carbocycles. The molecule has 4 heteroatoms. The number of β-amino-alcohol motifs (C(OH)–C–C–N with tert-alkyl or cyclic N) is 1. The zero-order valence-corrected chi connectivity index (χ0v) is 11.3. The summed E-state index contributed by atoms with van der Waals surface area (Å²) in [6, 6.07) is 8.25. The van der Waals surface area contributed by atoms with Crippen LogP contribution in [0.1, 0.15) is 12.0 Å². The van der Waals surface area contributed by atoms with E-state index in [0.29, 0.717) is 5.92 Å². The lowest BCUT2D eigenvalue weighted by Crippen LogP contribution is -2.48. The standard InChI is InChI=1S/C14H21ClN2O/c15-13-3-1-2-11(7-13)6-12-8-14(16)10-17(9-12)4-5-18/h1-3,7,12,14,18H,4-6,8-10,16H2. The molecule has 0 aliphatic carbocycles. The number of piperidine rings is 1. The van der Waals surface area contributed by atoms with Crippen molar-refractivity contribution in [3.63, 3.8) is 0 Å². The molecule has 1 aromatic rings. The van der Waals surface area contributed by atoms with Crippen LogP contribution in [-0.4, -0.2) is 42.3 Å². The van der Waals surface area contributed by atoms with E-state index in [-0.39, 0.29) is 12.6 Å². The Balaban J connectivity index is 1.95. The highest BCUT2D eigenvalue weighted by Crippen LogP contribution is 2.21. The molecule has 2 unspecified atom stereocenters. The van der Waals surface area contributed by atoms with Crippen molar-refractivity contribution in [2.45, 2.75) is 18.9 Å². The van der Waals surface area contributed by atoms with Crippen LogP contribution in [0.25, 0.3) is 0 Å². The molecule has 1 saturated heterocycles. The maximum Gasteiger partial charge on any atom is 0.0558 e. The highest BCUT2D eigenvalue weighted by molar-refractivity contribution is 6.30. The lowest BCUT2D eigenvalue weighted by molar-refractivity contribution is 0.127. The molecule has 1 aliphatic heterocycles. The van der Waals surface area contributed by atoms with Gasteiger partial charge in [0.05, 0.1) is 6.61 Å². The molecule has 3 N–H and O–H groups in total. The number of nitrogens with two attached hydrogens (primary N) is 1. The average Bonchev–Trinajstić information content (AvgIpc) is 2.28. The number of aliphatic hydroxyl groups is 1. The third-order valence-corrected chi connectivity index (χ3v) is 3.71. The van der Waals surface area contributed by atoms with Crippen LogP contribution in [0.5, 0.6) is 0 Å². The number of hydrogen-bond acceptors (Lipinski definition) is 3. The summed E-state index contributed by atoms with van der Waals surface area (Å²) >= 11 is 6.00. The van der Waals surface area contributed by atoms with Crippen molar-refractivity contribution in [1.29, 1.82) is 0 Å². The molecule has 1 aliphatic rings. The normalized spacial score (nSPS) is 25.3. The van der Waals surface area contributed by atoms with Crippen molar-refractivity contribution in [2.24, 2.45) is 11.7 Å². The van der Waals surface area contributed by atoms with Gasteiger partial charge >= 0.3 is 0 Å². The molecule has 0 saturated carbocycles. The van der Waals surface area contributed by atoms with Crippen LogP contribution in [-0.2, 0) is 6.42 Å². The predicted octanol–water partition coefficient (Wildman–Crippen LogP) is 1.52. The molecule has 0 spiro atoms. The second-order valence-electron chi connectivity index (χ2n) is 5.18. The minimum absolute atomic E-state index is 0.205. The molecule has 2 rings (SSSR count). The van der Waals surface area contributed by atoms with E-state index in [9.17, 15) is 0 Å². The number of rotatable bonds is 4. The molecule has 1 heterocycles. The molecule has 1 fully saturated rings. The number of hydrogen-bond donors (Lipinski definition) is 2. The number of aliphatic hydroxyl groups excluding tert-OH is 1. The van der Waals surface area contributed by atoms with Crippen LogP contribution < -0.4 is 5.73 Å². The van der Waals surface area contributed by atoms with Gasteiger partial charge < -0.3 is 10.8 Å². The van der Waals surface area contributed by atoms with E-state index in [0.717, 1.165) is 37.5 Å². The summed E-state index contributed by atoms with van der Waals surface area (Å²) in [7, 11) is 0. The van der Waals surface area contributed by atoms with Crippen molar-refractivity contribution in [3.05, 3.63) is 34.9 Å². The Hall–Kier alpha value is -0.610. The van der Waals surface area contributed by atoms with E-state index in [1.165, 1.54) is 5.56 Å². The molecular weight excluding hydrogens is 248 g/mol. The fourth-order valence-electron chi connectivity index (χ4n) is 2.82. The number of nitrogens with zero attached hydrogens (tertiary/aromatic N) is 1. The Labute approximate surface area is 114 Å². The van der Waals surface area contributed by atoms with Gasteiger partial charge in [-0.3, -0.25) is 4.90 Å². The number of benzene rings is 1. The molecular formula is C14H21ClN2O. The van der Waals surface area contributed by atoms with Crippen molar-refractivity contribution < 1.29 is 5.11 Å². The summed E-state index contributed by atoms with van der Waals surface area (Å²) in [6.45, 7) is 2.84. The topological polar surface area (TPSA) is 49.5 Å². The smallest absolute Gasteiger partial charge is 0.0558 e. The summed E-state index contributed by atoms with van der Waals surface area (Å²) in [4.78, 5) is 2.25. The van der Waals surface area contributed by atoms with Gasteiger partial charge in [0, 0.05) is 30.7 Å². The van der Waals surface area contributed by atoms with E-state index >= 15 is 0 Å². The molecule has 100 valence electrons. The fraction of sp³-hybridized carbons (Fsp3) is 0.571. The monoisotopic (exact) mass is 268 g/mol. The van der Waals surface area contributed by atoms with Crippen molar-refractivity contribution in [3.8, 4) is 0 Å². The van der Waals surface area contributed by atoms with Gasteiger partial charge in [0.15, 0.2) is 0 Å². The van der Waals surface area contributed by atoms with E-state index < -0.39 is 0 Å². The van der Waals surface area contributed by atoms with E-state index in [2.05, 4.69) is 11.0 Å². The lowest BCUT2D eigenvalue weighted by Gasteiger charge is -2.36. The highest BCUT2D eigenvalue weighted by Gasteiger charge is 2.24. The van der Waals surface area contributed by atoms with Gasteiger partial charge in [-0.25, -0.2) is 0 Å². The Morgan fingerprint density at radius 1 is 1.39 bits per heavy atom. The summed E-state index contributed by atoms with van der Waals surface area (Å²) in [6.07, 6.45) is 2.06. The SMILES string of the molecule is NC1CC(Cc2cccc(Cl)c2)CN(CCO)C1. The first-order valence-corrected chi connectivity index (χ1v) is 6.88. The second kappa shape index (κ2) is 6.53. The Kier molecular flexibility index (Phi) is 5.01. The van der Waals surface area contributed by atoms with E-state index in [4.69, 9.17) is 22.4 Å².